The molecule has 1 unspecified atom stereocenters. The molecule has 0 aliphatic rings. The first-order valence-corrected chi connectivity index (χ1v) is 6.74. The summed E-state index contributed by atoms with van der Waals surface area (Å²) in [4.78, 5) is 4.61. The van der Waals surface area contributed by atoms with Gasteiger partial charge in [-0.3, -0.25) is 0 Å². The van der Waals surface area contributed by atoms with Crippen LogP contribution in [-0.4, -0.2) is 18.6 Å². The van der Waals surface area contributed by atoms with E-state index in [2.05, 4.69) is 36.5 Å². The summed E-state index contributed by atoms with van der Waals surface area (Å²) >= 11 is 1.69. The minimum absolute atomic E-state index is 0.130. The molecule has 3 nitrogen and oxygen atoms in total. The molecule has 0 saturated heterocycles. The standard InChI is InChI=1S/C12H22N2OS/c1-5-6-13-7-10-8-16-12(14-10)11(15-4)9(2)3/h8-9,11,13H,5-7H2,1-4H3. The fourth-order valence-electron chi connectivity index (χ4n) is 1.59. The van der Waals surface area contributed by atoms with Crippen LogP contribution in [0, 0.1) is 5.92 Å². The number of ether oxygens (including phenoxy) is 1. The summed E-state index contributed by atoms with van der Waals surface area (Å²) in [6.45, 7) is 8.39. The molecule has 0 aliphatic carbocycles. The van der Waals surface area contributed by atoms with Crippen molar-refractivity contribution in [3.8, 4) is 0 Å². The number of hydrogen-bond donors (Lipinski definition) is 1. The average Bonchev–Trinajstić information content (AvgIpc) is 2.67. The number of nitrogens with zero attached hydrogens (tertiary/aromatic N) is 1. The van der Waals surface area contributed by atoms with Crippen LogP contribution in [0.25, 0.3) is 0 Å². The minimum atomic E-state index is 0.130. The van der Waals surface area contributed by atoms with Crippen molar-refractivity contribution in [2.24, 2.45) is 5.92 Å². The number of methoxy groups -OCH3 is 1. The summed E-state index contributed by atoms with van der Waals surface area (Å²) in [5, 5.41) is 6.56. The van der Waals surface area contributed by atoms with Gasteiger partial charge < -0.3 is 10.1 Å². The Morgan fingerprint density at radius 3 is 2.81 bits per heavy atom. The largest absolute Gasteiger partial charge is 0.374 e. The molecule has 0 amide bonds. The Bertz CT molecular complexity index is 299. The maximum atomic E-state index is 5.46. The molecule has 1 N–H and O–H groups in total. The number of nitrogens with one attached hydrogen (secondary N) is 1. The summed E-state index contributed by atoms with van der Waals surface area (Å²) in [5.74, 6) is 0.465. The summed E-state index contributed by atoms with van der Waals surface area (Å²) in [6, 6.07) is 0. The molecule has 1 rings (SSSR count). The second-order valence-corrected chi connectivity index (χ2v) is 5.14. The highest BCUT2D eigenvalue weighted by Crippen LogP contribution is 2.27. The lowest BCUT2D eigenvalue weighted by atomic mass is 10.1. The Hall–Kier alpha value is -0.450. The van der Waals surface area contributed by atoms with Gasteiger partial charge >= 0.3 is 0 Å². The van der Waals surface area contributed by atoms with E-state index in [0.29, 0.717) is 5.92 Å². The van der Waals surface area contributed by atoms with Gasteiger partial charge in [-0.15, -0.1) is 11.3 Å². The number of hydrogen-bond acceptors (Lipinski definition) is 4. The SMILES string of the molecule is CCCNCc1csc(C(OC)C(C)C)n1. The summed E-state index contributed by atoms with van der Waals surface area (Å²) in [6.07, 6.45) is 1.29. The quantitative estimate of drug-likeness (QED) is 0.746. The van der Waals surface area contributed by atoms with Crippen LogP contribution in [0.3, 0.4) is 0 Å². The van der Waals surface area contributed by atoms with Crippen LogP contribution < -0.4 is 5.32 Å². The normalized spacial score (nSPS) is 13.3. The van der Waals surface area contributed by atoms with E-state index in [0.717, 1.165) is 30.2 Å². The molecular formula is C12H22N2OS. The number of rotatable bonds is 7. The molecule has 4 heteroatoms. The zero-order valence-electron chi connectivity index (χ0n) is 10.6. The molecule has 0 radical (unpaired) electrons. The second kappa shape index (κ2) is 6.99. The van der Waals surface area contributed by atoms with Crippen LogP contribution in [0.2, 0.25) is 0 Å². The van der Waals surface area contributed by atoms with E-state index in [1.165, 1.54) is 0 Å². The average molecular weight is 242 g/mol. The van der Waals surface area contributed by atoms with Crippen LogP contribution in [0.4, 0.5) is 0 Å². The molecule has 1 aromatic rings. The van der Waals surface area contributed by atoms with Crippen molar-refractivity contribution in [3.05, 3.63) is 16.1 Å². The molecule has 92 valence electrons. The fourth-order valence-corrected chi connectivity index (χ4v) is 2.65. The van der Waals surface area contributed by atoms with Gasteiger partial charge in [-0.05, 0) is 18.9 Å². The first-order valence-electron chi connectivity index (χ1n) is 5.86. The second-order valence-electron chi connectivity index (χ2n) is 4.25. The van der Waals surface area contributed by atoms with Gasteiger partial charge in [-0.2, -0.15) is 0 Å². The maximum absolute atomic E-state index is 5.46. The maximum Gasteiger partial charge on any atom is 0.122 e. The van der Waals surface area contributed by atoms with E-state index in [-0.39, 0.29) is 6.10 Å². The van der Waals surface area contributed by atoms with Crippen molar-refractivity contribution < 1.29 is 4.74 Å². The zero-order valence-corrected chi connectivity index (χ0v) is 11.4. The predicted molar refractivity (Wildman–Crippen MR) is 68.7 cm³/mol. The molecule has 1 heterocycles. The van der Waals surface area contributed by atoms with Crippen LogP contribution >= 0.6 is 11.3 Å². The minimum Gasteiger partial charge on any atom is -0.374 e. The smallest absolute Gasteiger partial charge is 0.122 e. The Balaban J connectivity index is 2.55. The molecule has 16 heavy (non-hydrogen) atoms. The predicted octanol–water partition coefficient (Wildman–Crippen LogP) is 2.99. The van der Waals surface area contributed by atoms with Gasteiger partial charge in [-0.1, -0.05) is 20.8 Å². The third-order valence-electron chi connectivity index (χ3n) is 2.41. The monoisotopic (exact) mass is 242 g/mol. The Kier molecular flexibility index (Phi) is 5.95. The third-order valence-corrected chi connectivity index (χ3v) is 3.36. The molecule has 1 aromatic heterocycles. The van der Waals surface area contributed by atoms with Gasteiger partial charge in [0.2, 0.25) is 0 Å². The van der Waals surface area contributed by atoms with Crippen molar-refractivity contribution in [2.75, 3.05) is 13.7 Å². The van der Waals surface area contributed by atoms with Crippen LogP contribution in [0.5, 0.6) is 0 Å². The Labute approximate surface area is 102 Å². The first-order chi connectivity index (χ1) is 7.69. The lowest BCUT2D eigenvalue weighted by molar-refractivity contribution is 0.0643. The molecular weight excluding hydrogens is 220 g/mol. The Morgan fingerprint density at radius 2 is 2.25 bits per heavy atom. The lowest BCUT2D eigenvalue weighted by Crippen LogP contribution is -2.14. The van der Waals surface area contributed by atoms with Gasteiger partial charge in [0.15, 0.2) is 0 Å². The molecule has 1 atom stereocenters. The van der Waals surface area contributed by atoms with Crippen molar-refractivity contribution in [1.29, 1.82) is 0 Å². The van der Waals surface area contributed by atoms with Gasteiger partial charge in [0.25, 0.3) is 0 Å². The van der Waals surface area contributed by atoms with Crippen LogP contribution in [0.1, 0.15) is 44.0 Å². The van der Waals surface area contributed by atoms with E-state index in [1.54, 1.807) is 18.4 Å². The summed E-state index contributed by atoms with van der Waals surface area (Å²) < 4.78 is 5.46. The van der Waals surface area contributed by atoms with Crippen LogP contribution in [-0.2, 0) is 11.3 Å². The topological polar surface area (TPSA) is 34.1 Å². The molecule has 0 spiro atoms. The number of thiazole rings is 1. The van der Waals surface area contributed by atoms with E-state index < -0.39 is 0 Å². The third kappa shape index (κ3) is 3.85. The molecule has 0 aliphatic heterocycles. The summed E-state index contributed by atoms with van der Waals surface area (Å²) in [5.41, 5.74) is 1.12. The van der Waals surface area contributed by atoms with Crippen molar-refractivity contribution in [3.63, 3.8) is 0 Å². The van der Waals surface area contributed by atoms with E-state index in [9.17, 15) is 0 Å². The molecule has 0 saturated carbocycles. The lowest BCUT2D eigenvalue weighted by Gasteiger charge is -2.15. The zero-order chi connectivity index (χ0) is 12.0. The van der Waals surface area contributed by atoms with E-state index in [1.807, 2.05) is 0 Å². The molecule has 0 fully saturated rings. The summed E-state index contributed by atoms with van der Waals surface area (Å²) in [7, 11) is 1.75. The van der Waals surface area contributed by atoms with Crippen molar-refractivity contribution in [1.82, 2.24) is 10.3 Å². The van der Waals surface area contributed by atoms with E-state index in [4.69, 9.17) is 4.74 Å². The van der Waals surface area contributed by atoms with Gasteiger partial charge in [0.1, 0.15) is 11.1 Å². The van der Waals surface area contributed by atoms with Crippen molar-refractivity contribution in [2.45, 2.75) is 39.8 Å². The highest BCUT2D eigenvalue weighted by Gasteiger charge is 2.18. The highest BCUT2D eigenvalue weighted by atomic mass is 32.1. The van der Waals surface area contributed by atoms with Gasteiger partial charge in [0, 0.05) is 19.0 Å². The number of aromatic nitrogens is 1. The van der Waals surface area contributed by atoms with Crippen LogP contribution in [0.15, 0.2) is 5.38 Å². The van der Waals surface area contributed by atoms with E-state index >= 15 is 0 Å². The van der Waals surface area contributed by atoms with Gasteiger partial charge in [-0.25, -0.2) is 4.98 Å². The van der Waals surface area contributed by atoms with Crippen molar-refractivity contribution >= 4 is 11.3 Å². The fraction of sp³-hybridized carbons (Fsp3) is 0.750. The van der Waals surface area contributed by atoms with Gasteiger partial charge in [0.05, 0.1) is 5.69 Å². The molecule has 0 aromatic carbocycles. The first kappa shape index (κ1) is 13.6. The Morgan fingerprint density at radius 1 is 1.50 bits per heavy atom. The molecule has 0 bridgehead atoms. The highest BCUT2D eigenvalue weighted by molar-refractivity contribution is 7.09.